The zero-order chi connectivity index (χ0) is 12.7. The van der Waals surface area contributed by atoms with Gasteiger partial charge in [-0.1, -0.05) is 17.7 Å². The Bertz CT molecular complexity index is 734. The van der Waals surface area contributed by atoms with E-state index in [1.54, 1.807) is 12.1 Å². The first-order valence-corrected chi connectivity index (χ1v) is 5.94. The Morgan fingerprint density at radius 3 is 2.89 bits per heavy atom. The van der Waals surface area contributed by atoms with Crippen LogP contribution in [0.25, 0.3) is 22.6 Å². The molecule has 1 aromatic heterocycles. The third-order valence-corrected chi connectivity index (χ3v) is 3.19. The van der Waals surface area contributed by atoms with E-state index >= 15 is 0 Å². The van der Waals surface area contributed by atoms with Crippen LogP contribution >= 0.6 is 11.6 Å². The van der Waals surface area contributed by atoms with Gasteiger partial charge in [-0.2, -0.15) is 0 Å². The summed E-state index contributed by atoms with van der Waals surface area (Å²) in [6.07, 6.45) is 0. The van der Waals surface area contributed by atoms with E-state index in [1.807, 2.05) is 31.2 Å². The molecule has 90 valence electrons. The van der Waals surface area contributed by atoms with E-state index in [4.69, 9.17) is 21.8 Å². The fourth-order valence-electron chi connectivity index (χ4n) is 1.90. The van der Waals surface area contributed by atoms with Crippen molar-refractivity contribution in [3.63, 3.8) is 0 Å². The van der Waals surface area contributed by atoms with Crippen molar-refractivity contribution >= 4 is 28.4 Å². The second-order valence-electron chi connectivity index (χ2n) is 4.15. The number of oxazole rings is 1. The van der Waals surface area contributed by atoms with Gasteiger partial charge in [0.1, 0.15) is 5.52 Å². The second-order valence-corrected chi connectivity index (χ2v) is 4.59. The van der Waals surface area contributed by atoms with Crippen molar-refractivity contribution in [1.29, 1.82) is 0 Å². The van der Waals surface area contributed by atoms with Crippen LogP contribution in [0.1, 0.15) is 5.56 Å². The maximum atomic E-state index is 5.92. The standard InChI is InChI=1S/C14H11ClN2O/c1-8-10(3-2-4-11(8)16)14-17-12-6-5-9(15)7-13(12)18-14/h2-7H,16H2,1H3. The van der Waals surface area contributed by atoms with Crippen molar-refractivity contribution in [1.82, 2.24) is 4.98 Å². The lowest BCUT2D eigenvalue weighted by atomic mass is 10.1. The first-order chi connectivity index (χ1) is 8.65. The van der Waals surface area contributed by atoms with Crippen molar-refractivity contribution in [2.24, 2.45) is 0 Å². The van der Waals surface area contributed by atoms with Crippen LogP contribution in [0, 0.1) is 6.92 Å². The number of halogens is 1. The quantitative estimate of drug-likeness (QED) is 0.670. The number of aromatic nitrogens is 1. The predicted molar refractivity (Wildman–Crippen MR) is 73.6 cm³/mol. The highest BCUT2D eigenvalue weighted by atomic mass is 35.5. The molecule has 1 heterocycles. The summed E-state index contributed by atoms with van der Waals surface area (Å²) in [4.78, 5) is 4.45. The molecular formula is C14H11ClN2O. The molecule has 2 aromatic carbocycles. The molecule has 0 bridgehead atoms. The summed E-state index contributed by atoms with van der Waals surface area (Å²) in [6.45, 7) is 1.95. The molecule has 0 amide bonds. The number of nitrogens with zero attached hydrogens (tertiary/aromatic N) is 1. The van der Waals surface area contributed by atoms with E-state index in [2.05, 4.69) is 4.98 Å². The zero-order valence-electron chi connectivity index (χ0n) is 9.77. The number of fused-ring (bicyclic) bond motifs is 1. The molecule has 0 aliphatic carbocycles. The Hall–Kier alpha value is -2.00. The van der Waals surface area contributed by atoms with Crippen LogP contribution in [0.3, 0.4) is 0 Å². The molecule has 0 aliphatic rings. The van der Waals surface area contributed by atoms with E-state index in [1.165, 1.54) is 0 Å². The first-order valence-electron chi connectivity index (χ1n) is 5.57. The van der Waals surface area contributed by atoms with Gasteiger partial charge in [-0.15, -0.1) is 0 Å². The number of nitrogen functional groups attached to an aromatic ring is 1. The molecule has 3 rings (SSSR count). The van der Waals surface area contributed by atoms with Gasteiger partial charge in [0.05, 0.1) is 0 Å². The molecule has 0 radical (unpaired) electrons. The van der Waals surface area contributed by atoms with Gasteiger partial charge in [0.25, 0.3) is 0 Å². The smallest absolute Gasteiger partial charge is 0.227 e. The van der Waals surface area contributed by atoms with Crippen LogP contribution in [0.4, 0.5) is 5.69 Å². The highest BCUT2D eigenvalue weighted by Crippen LogP contribution is 2.30. The second kappa shape index (κ2) is 4.03. The normalized spacial score (nSPS) is 11.0. The largest absolute Gasteiger partial charge is 0.436 e. The number of nitrogens with two attached hydrogens (primary N) is 1. The van der Waals surface area contributed by atoms with Crippen LogP contribution in [0.15, 0.2) is 40.8 Å². The number of hydrogen-bond donors (Lipinski definition) is 1. The van der Waals surface area contributed by atoms with Crippen LogP contribution in [-0.2, 0) is 0 Å². The summed E-state index contributed by atoms with van der Waals surface area (Å²) in [5.74, 6) is 0.567. The Balaban J connectivity index is 2.22. The Morgan fingerprint density at radius 2 is 2.06 bits per heavy atom. The van der Waals surface area contributed by atoms with Gasteiger partial charge in [0.15, 0.2) is 5.58 Å². The van der Waals surface area contributed by atoms with Crippen molar-refractivity contribution in [3.8, 4) is 11.5 Å². The van der Waals surface area contributed by atoms with Gasteiger partial charge >= 0.3 is 0 Å². The van der Waals surface area contributed by atoms with Crippen LogP contribution in [0.5, 0.6) is 0 Å². The average molecular weight is 259 g/mol. The van der Waals surface area contributed by atoms with E-state index < -0.39 is 0 Å². The molecule has 0 fully saturated rings. The third-order valence-electron chi connectivity index (χ3n) is 2.96. The number of rotatable bonds is 1. The lowest BCUT2D eigenvalue weighted by Crippen LogP contribution is -1.91. The fourth-order valence-corrected chi connectivity index (χ4v) is 2.06. The highest BCUT2D eigenvalue weighted by molar-refractivity contribution is 6.31. The van der Waals surface area contributed by atoms with Crippen molar-refractivity contribution in [3.05, 3.63) is 47.0 Å². The lowest BCUT2D eigenvalue weighted by Gasteiger charge is -2.03. The SMILES string of the molecule is Cc1c(N)cccc1-c1nc2ccc(Cl)cc2o1. The van der Waals surface area contributed by atoms with E-state index in [0.29, 0.717) is 16.5 Å². The Morgan fingerprint density at radius 1 is 1.22 bits per heavy atom. The Labute approximate surface area is 109 Å². The van der Waals surface area contributed by atoms with Crippen molar-refractivity contribution in [2.75, 3.05) is 5.73 Å². The summed E-state index contributed by atoms with van der Waals surface area (Å²) in [5.41, 5.74) is 9.96. The van der Waals surface area contributed by atoms with E-state index in [9.17, 15) is 0 Å². The predicted octanol–water partition coefficient (Wildman–Crippen LogP) is 4.04. The maximum Gasteiger partial charge on any atom is 0.227 e. The minimum atomic E-state index is 0.567. The average Bonchev–Trinajstić information content (AvgIpc) is 2.75. The monoisotopic (exact) mass is 258 g/mol. The van der Waals surface area contributed by atoms with Gasteiger partial charge in [0, 0.05) is 22.3 Å². The van der Waals surface area contributed by atoms with Gasteiger partial charge in [-0.05, 0) is 36.8 Å². The number of anilines is 1. The minimum Gasteiger partial charge on any atom is -0.436 e. The van der Waals surface area contributed by atoms with Gasteiger partial charge in [-0.25, -0.2) is 4.98 Å². The fraction of sp³-hybridized carbons (Fsp3) is 0.0714. The third kappa shape index (κ3) is 1.73. The molecule has 0 unspecified atom stereocenters. The van der Waals surface area contributed by atoms with Gasteiger partial charge in [0.2, 0.25) is 5.89 Å². The van der Waals surface area contributed by atoms with E-state index in [0.717, 1.165) is 22.3 Å². The zero-order valence-corrected chi connectivity index (χ0v) is 10.5. The molecule has 3 aromatic rings. The lowest BCUT2D eigenvalue weighted by molar-refractivity contribution is 0.619. The summed E-state index contributed by atoms with van der Waals surface area (Å²) >= 11 is 5.92. The van der Waals surface area contributed by atoms with Crippen LogP contribution in [-0.4, -0.2) is 4.98 Å². The molecule has 0 atom stereocenters. The molecular weight excluding hydrogens is 248 g/mol. The van der Waals surface area contributed by atoms with Gasteiger partial charge in [-0.3, -0.25) is 0 Å². The molecule has 0 saturated carbocycles. The van der Waals surface area contributed by atoms with Crippen molar-refractivity contribution < 1.29 is 4.42 Å². The Kier molecular flexibility index (Phi) is 2.49. The van der Waals surface area contributed by atoms with Gasteiger partial charge < -0.3 is 10.2 Å². The first kappa shape index (κ1) is 11.1. The summed E-state index contributed by atoms with van der Waals surface area (Å²) in [5, 5.41) is 0.634. The summed E-state index contributed by atoms with van der Waals surface area (Å²) in [7, 11) is 0. The molecule has 18 heavy (non-hydrogen) atoms. The maximum absolute atomic E-state index is 5.92. The molecule has 0 spiro atoms. The summed E-state index contributed by atoms with van der Waals surface area (Å²) < 4.78 is 5.72. The topological polar surface area (TPSA) is 52.0 Å². The van der Waals surface area contributed by atoms with Crippen LogP contribution < -0.4 is 5.73 Å². The highest BCUT2D eigenvalue weighted by Gasteiger charge is 2.11. The molecule has 0 aliphatic heterocycles. The number of hydrogen-bond acceptors (Lipinski definition) is 3. The summed E-state index contributed by atoms with van der Waals surface area (Å²) in [6, 6.07) is 11.1. The molecule has 0 saturated heterocycles. The number of benzene rings is 2. The molecule has 4 heteroatoms. The van der Waals surface area contributed by atoms with E-state index in [-0.39, 0.29) is 0 Å². The minimum absolute atomic E-state index is 0.567. The molecule has 3 nitrogen and oxygen atoms in total. The molecule has 2 N–H and O–H groups in total. The van der Waals surface area contributed by atoms with Crippen molar-refractivity contribution in [2.45, 2.75) is 6.92 Å². The van der Waals surface area contributed by atoms with Crippen LogP contribution in [0.2, 0.25) is 5.02 Å².